The summed E-state index contributed by atoms with van der Waals surface area (Å²) in [5, 5.41) is 11.9. The van der Waals surface area contributed by atoms with Crippen LogP contribution in [0.4, 0.5) is 4.39 Å². The van der Waals surface area contributed by atoms with E-state index in [1.807, 2.05) is 0 Å². The second kappa shape index (κ2) is 10.6. The van der Waals surface area contributed by atoms with Gasteiger partial charge in [-0.25, -0.2) is 4.39 Å². The van der Waals surface area contributed by atoms with E-state index in [0.29, 0.717) is 25.0 Å². The Bertz CT molecular complexity index is 550. The molecule has 0 aliphatic heterocycles. The molecule has 1 unspecified atom stereocenters. The van der Waals surface area contributed by atoms with Gasteiger partial charge >= 0.3 is 5.97 Å². The number of rotatable bonds is 10. The van der Waals surface area contributed by atoms with Gasteiger partial charge in [0.15, 0.2) is 11.6 Å². The molecular weight excluding hydrogens is 317 g/mol. The van der Waals surface area contributed by atoms with E-state index in [0.717, 1.165) is 12.5 Å². The number of unbranched alkanes of at least 4 members (excludes halogenated alkanes) is 1. The molecule has 0 bridgehead atoms. The van der Waals surface area contributed by atoms with E-state index in [-0.39, 0.29) is 18.9 Å². The molecule has 0 saturated heterocycles. The lowest BCUT2D eigenvalue weighted by atomic mass is 9.99. The fourth-order valence-electron chi connectivity index (χ4n) is 2.22. The van der Waals surface area contributed by atoms with E-state index in [2.05, 4.69) is 5.32 Å². The molecule has 0 radical (unpaired) electrons. The Morgan fingerprint density at radius 1 is 1.29 bits per heavy atom. The van der Waals surface area contributed by atoms with Crippen LogP contribution < -0.4 is 5.32 Å². The largest absolute Gasteiger partial charge is 0.505 e. The van der Waals surface area contributed by atoms with Gasteiger partial charge in [-0.15, -0.1) is 0 Å². The normalized spacial score (nSPS) is 11.8. The molecule has 6 nitrogen and oxygen atoms in total. The topological polar surface area (TPSA) is 84.9 Å². The van der Waals surface area contributed by atoms with Crippen LogP contribution in [0.3, 0.4) is 0 Å². The van der Waals surface area contributed by atoms with Gasteiger partial charge in [0, 0.05) is 26.7 Å². The van der Waals surface area contributed by atoms with E-state index in [1.54, 1.807) is 7.11 Å². The average Bonchev–Trinajstić information content (AvgIpc) is 2.57. The van der Waals surface area contributed by atoms with E-state index in [1.165, 1.54) is 19.2 Å². The second-order valence-corrected chi connectivity index (χ2v) is 5.46. The highest BCUT2D eigenvalue weighted by Gasteiger charge is 2.21. The number of carbonyl (C=O) groups excluding carboxylic acids is 2. The molecule has 1 rings (SSSR count). The molecule has 0 fully saturated rings. The molecule has 1 aromatic carbocycles. The predicted octanol–water partition coefficient (Wildman–Crippen LogP) is 1.80. The summed E-state index contributed by atoms with van der Waals surface area (Å²) < 4.78 is 23.0. The maximum absolute atomic E-state index is 13.4. The van der Waals surface area contributed by atoms with Crippen LogP contribution in [0.5, 0.6) is 5.75 Å². The van der Waals surface area contributed by atoms with E-state index in [9.17, 15) is 19.1 Å². The number of phenolic OH excluding ortho intramolecular Hbond substituents is 1. The Hall–Kier alpha value is -2.15. The summed E-state index contributed by atoms with van der Waals surface area (Å²) in [6.07, 6.45) is 2.04. The smallest absolute Gasteiger partial charge is 0.310 e. The number of amides is 1. The summed E-state index contributed by atoms with van der Waals surface area (Å²) >= 11 is 0. The number of ether oxygens (including phenoxy) is 2. The van der Waals surface area contributed by atoms with Crippen LogP contribution in [-0.2, 0) is 25.5 Å². The lowest BCUT2D eigenvalue weighted by Gasteiger charge is -2.16. The third kappa shape index (κ3) is 6.95. The fourth-order valence-corrected chi connectivity index (χ4v) is 2.22. The van der Waals surface area contributed by atoms with Crippen LogP contribution in [0.15, 0.2) is 18.2 Å². The summed E-state index contributed by atoms with van der Waals surface area (Å²) in [5.41, 5.74) is 0.537. The molecular formula is C17H24FNO5. The molecule has 7 heteroatoms. The lowest BCUT2D eigenvalue weighted by Crippen LogP contribution is -2.34. The molecule has 0 heterocycles. The zero-order valence-corrected chi connectivity index (χ0v) is 14.0. The van der Waals surface area contributed by atoms with Crippen molar-refractivity contribution in [2.45, 2.75) is 25.7 Å². The minimum absolute atomic E-state index is 0.109. The first-order chi connectivity index (χ1) is 11.5. The van der Waals surface area contributed by atoms with E-state index >= 15 is 0 Å². The highest BCUT2D eigenvalue weighted by Crippen LogP contribution is 2.19. The number of methoxy groups -OCH3 is 2. The number of nitrogens with one attached hydrogen (secondary N) is 1. The van der Waals surface area contributed by atoms with Gasteiger partial charge in [-0.3, -0.25) is 9.59 Å². The van der Waals surface area contributed by atoms with Crippen molar-refractivity contribution < 1.29 is 28.6 Å². The van der Waals surface area contributed by atoms with Gasteiger partial charge in [0.25, 0.3) is 0 Å². The van der Waals surface area contributed by atoms with Crippen molar-refractivity contribution >= 4 is 11.9 Å². The van der Waals surface area contributed by atoms with E-state index in [4.69, 9.17) is 9.47 Å². The third-order valence-electron chi connectivity index (χ3n) is 3.58. The van der Waals surface area contributed by atoms with Crippen molar-refractivity contribution in [2.24, 2.45) is 5.92 Å². The first-order valence-corrected chi connectivity index (χ1v) is 7.78. The van der Waals surface area contributed by atoms with Gasteiger partial charge in [0.1, 0.15) is 0 Å². The monoisotopic (exact) mass is 341 g/mol. The number of benzene rings is 1. The summed E-state index contributed by atoms with van der Waals surface area (Å²) in [4.78, 5) is 23.6. The lowest BCUT2D eigenvalue weighted by molar-refractivity contribution is -0.145. The highest BCUT2D eigenvalue weighted by molar-refractivity contribution is 5.78. The number of carbonyl (C=O) groups is 2. The Morgan fingerprint density at radius 2 is 2.04 bits per heavy atom. The van der Waals surface area contributed by atoms with Crippen LogP contribution in [-0.4, -0.2) is 44.4 Å². The van der Waals surface area contributed by atoms with Crippen molar-refractivity contribution in [3.05, 3.63) is 29.6 Å². The summed E-state index contributed by atoms with van der Waals surface area (Å²) in [5.74, 6) is -2.46. The van der Waals surface area contributed by atoms with Crippen LogP contribution >= 0.6 is 0 Å². The van der Waals surface area contributed by atoms with Gasteiger partial charge in [-0.1, -0.05) is 6.07 Å². The minimum atomic E-state index is -0.752. The average molecular weight is 341 g/mol. The molecule has 1 aromatic rings. The van der Waals surface area contributed by atoms with Crippen LogP contribution in [0.1, 0.15) is 24.8 Å². The molecule has 2 N–H and O–H groups in total. The number of halogens is 1. The standard InChI is InChI=1S/C17H24FNO5/c1-23-8-4-3-5-16(21)19-11-13(17(22)24-2)9-12-6-7-15(20)14(18)10-12/h6-7,10,13,20H,3-5,8-9,11H2,1-2H3,(H,19,21). The predicted molar refractivity (Wildman–Crippen MR) is 86.0 cm³/mol. The maximum Gasteiger partial charge on any atom is 0.310 e. The van der Waals surface area contributed by atoms with Gasteiger partial charge in [0.2, 0.25) is 5.91 Å². The zero-order chi connectivity index (χ0) is 17.9. The number of hydrogen-bond acceptors (Lipinski definition) is 5. The molecule has 1 atom stereocenters. The van der Waals surface area contributed by atoms with Crippen molar-refractivity contribution in [3.8, 4) is 5.75 Å². The Morgan fingerprint density at radius 3 is 2.67 bits per heavy atom. The Labute approximate surface area is 141 Å². The molecule has 24 heavy (non-hydrogen) atoms. The summed E-state index contributed by atoms with van der Waals surface area (Å²) in [7, 11) is 2.87. The molecule has 0 saturated carbocycles. The number of hydrogen-bond donors (Lipinski definition) is 2. The molecule has 0 aromatic heterocycles. The first kappa shape index (κ1) is 19.9. The molecule has 1 amide bonds. The summed E-state index contributed by atoms with van der Waals surface area (Å²) in [6, 6.07) is 3.92. The van der Waals surface area contributed by atoms with Crippen molar-refractivity contribution in [2.75, 3.05) is 27.4 Å². The van der Waals surface area contributed by atoms with Gasteiger partial charge in [-0.2, -0.15) is 0 Å². The molecule has 0 spiro atoms. The Kier molecular flexibility index (Phi) is 8.78. The fraction of sp³-hybridized carbons (Fsp3) is 0.529. The van der Waals surface area contributed by atoms with Crippen LogP contribution in [0.25, 0.3) is 0 Å². The first-order valence-electron chi connectivity index (χ1n) is 7.78. The summed E-state index contributed by atoms with van der Waals surface area (Å²) in [6.45, 7) is 0.711. The van der Waals surface area contributed by atoms with Crippen molar-refractivity contribution in [1.82, 2.24) is 5.32 Å². The molecule has 134 valence electrons. The van der Waals surface area contributed by atoms with E-state index < -0.39 is 23.5 Å². The second-order valence-electron chi connectivity index (χ2n) is 5.46. The number of esters is 1. The molecule has 0 aliphatic carbocycles. The maximum atomic E-state index is 13.4. The van der Waals surface area contributed by atoms with Gasteiger partial charge < -0.3 is 19.9 Å². The number of phenols is 1. The van der Waals surface area contributed by atoms with Crippen molar-refractivity contribution in [3.63, 3.8) is 0 Å². The zero-order valence-electron chi connectivity index (χ0n) is 14.0. The quantitative estimate of drug-likeness (QED) is 0.501. The molecule has 0 aliphatic rings. The Balaban J connectivity index is 2.54. The number of aromatic hydroxyl groups is 1. The highest BCUT2D eigenvalue weighted by atomic mass is 19.1. The van der Waals surface area contributed by atoms with Crippen molar-refractivity contribution in [1.29, 1.82) is 0 Å². The van der Waals surface area contributed by atoms with Gasteiger partial charge in [0.05, 0.1) is 13.0 Å². The van der Waals surface area contributed by atoms with Gasteiger partial charge in [-0.05, 0) is 37.0 Å². The SMILES string of the molecule is COCCCCC(=O)NCC(Cc1ccc(O)c(F)c1)C(=O)OC. The van der Waals surface area contributed by atoms with Crippen LogP contribution in [0, 0.1) is 11.7 Å². The van der Waals surface area contributed by atoms with Crippen LogP contribution in [0.2, 0.25) is 0 Å². The third-order valence-corrected chi connectivity index (χ3v) is 3.58. The minimum Gasteiger partial charge on any atom is -0.505 e.